The first-order valence-corrected chi connectivity index (χ1v) is 6.60. The molecule has 2 atom stereocenters. The van der Waals surface area contributed by atoms with Crippen LogP contribution in [0.2, 0.25) is 0 Å². The summed E-state index contributed by atoms with van der Waals surface area (Å²) < 4.78 is 0. The topological polar surface area (TPSA) is 40.5 Å². The van der Waals surface area contributed by atoms with E-state index in [4.69, 9.17) is 0 Å². The Hall–Kier alpha value is -1.35. The van der Waals surface area contributed by atoms with Crippen molar-refractivity contribution in [3.8, 4) is 0 Å². The van der Waals surface area contributed by atoms with Gasteiger partial charge < -0.3 is 5.11 Å². The van der Waals surface area contributed by atoms with Gasteiger partial charge in [-0.25, -0.2) is 4.79 Å². The molecule has 1 aliphatic rings. The van der Waals surface area contributed by atoms with Gasteiger partial charge in [0.1, 0.15) is 0 Å². The van der Waals surface area contributed by atoms with Gasteiger partial charge in [-0.15, -0.1) is 0 Å². The molecule has 1 aromatic carbocycles. The molecule has 2 rings (SSSR count). The van der Waals surface area contributed by atoms with Gasteiger partial charge in [0.05, 0.1) is 5.56 Å². The highest BCUT2D eigenvalue weighted by molar-refractivity contribution is 5.89. The molecule has 1 saturated heterocycles. The van der Waals surface area contributed by atoms with Crippen LogP contribution in [0, 0.1) is 11.8 Å². The van der Waals surface area contributed by atoms with E-state index in [9.17, 15) is 9.90 Å². The number of hydrogen-bond acceptors (Lipinski definition) is 2. The lowest BCUT2D eigenvalue weighted by molar-refractivity contribution is 0.0693. The summed E-state index contributed by atoms with van der Waals surface area (Å²) in [5, 5.41) is 9.18. The summed E-state index contributed by atoms with van der Waals surface area (Å²) in [5.74, 6) is 0.570. The largest absolute Gasteiger partial charge is 0.478 e. The Morgan fingerprint density at radius 3 is 2.50 bits per heavy atom. The number of carboxylic acids is 1. The van der Waals surface area contributed by atoms with E-state index in [1.54, 1.807) is 12.1 Å². The zero-order valence-electron chi connectivity index (χ0n) is 11.1. The number of hydrogen-bond donors (Lipinski definition) is 1. The molecule has 0 amide bonds. The summed E-state index contributed by atoms with van der Waals surface area (Å²) in [6.45, 7) is 7.42. The maximum absolute atomic E-state index is 11.2. The summed E-state index contributed by atoms with van der Waals surface area (Å²) in [7, 11) is 0. The Bertz CT molecular complexity index is 420. The average molecular weight is 247 g/mol. The molecule has 0 bridgehead atoms. The third-order valence-electron chi connectivity index (χ3n) is 3.59. The maximum Gasteiger partial charge on any atom is 0.336 e. The molecule has 1 N–H and O–H groups in total. The van der Waals surface area contributed by atoms with Crippen LogP contribution >= 0.6 is 0 Å². The van der Waals surface area contributed by atoms with Crippen molar-refractivity contribution in [3.63, 3.8) is 0 Å². The Morgan fingerprint density at radius 1 is 1.28 bits per heavy atom. The monoisotopic (exact) mass is 247 g/mol. The summed E-state index contributed by atoms with van der Waals surface area (Å²) in [5.41, 5.74) is 1.36. The molecule has 3 nitrogen and oxygen atoms in total. The maximum atomic E-state index is 11.2. The molecule has 0 unspecified atom stereocenters. The molecule has 0 aliphatic carbocycles. The van der Waals surface area contributed by atoms with Crippen LogP contribution in [-0.2, 0) is 6.54 Å². The fourth-order valence-electron chi connectivity index (χ4n) is 3.03. The van der Waals surface area contributed by atoms with Gasteiger partial charge in [0.15, 0.2) is 0 Å². The number of carbonyl (C=O) groups is 1. The normalized spacial score (nSPS) is 25.0. The van der Waals surface area contributed by atoms with E-state index in [1.807, 2.05) is 12.1 Å². The molecule has 18 heavy (non-hydrogen) atoms. The predicted molar refractivity (Wildman–Crippen MR) is 71.6 cm³/mol. The molecule has 0 radical (unpaired) electrons. The zero-order chi connectivity index (χ0) is 13.1. The minimum Gasteiger partial charge on any atom is -0.478 e. The SMILES string of the molecule is C[C@@H]1C[C@H](C)CN(Cc2ccccc2C(=O)O)C1. The van der Waals surface area contributed by atoms with Crippen molar-refractivity contribution in [2.24, 2.45) is 11.8 Å². The molecule has 1 heterocycles. The van der Waals surface area contributed by atoms with Crippen LogP contribution in [0.3, 0.4) is 0 Å². The van der Waals surface area contributed by atoms with Gasteiger partial charge in [-0.05, 0) is 29.9 Å². The second-order valence-electron chi connectivity index (χ2n) is 5.60. The number of likely N-dealkylation sites (tertiary alicyclic amines) is 1. The molecular weight excluding hydrogens is 226 g/mol. The van der Waals surface area contributed by atoms with E-state index in [0.717, 1.165) is 25.2 Å². The van der Waals surface area contributed by atoms with Gasteiger partial charge in [-0.3, -0.25) is 4.90 Å². The zero-order valence-corrected chi connectivity index (χ0v) is 11.1. The van der Waals surface area contributed by atoms with Crippen molar-refractivity contribution < 1.29 is 9.90 Å². The van der Waals surface area contributed by atoms with Crippen LogP contribution in [0.4, 0.5) is 0 Å². The standard InChI is InChI=1S/C15H21NO2/c1-11-7-12(2)9-16(8-11)10-13-5-3-4-6-14(13)15(17)18/h3-6,11-12H,7-10H2,1-2H3,(H,17,18)/t11-,12+. The molecule has 1 fully saturated rings. The van der Waals surface area contributed by atoms with E-state index < -0.39 is 5.97 Å². The van der Waals surface area contributed by atoms with Crippen molar-refractivity contribution in [2.75, 3.05) is 13.1 Å². The minimum absolute atomic E-state index is 0.434. The van der Waals surface area contributed by atoms with Crippen molar-refractivity contribution >= 4 is 5.97 Å². The quantitative estimate of drug-likeness (QED) is 0.893. The Balaban J connectivity index is 2.11. The molecule has 0 spiro atoms. The van der Waals surface area contributed by atoms with Crippen molar-refractivity contribution in [3.05, 3.63) is 35.4 Å². The van der Waals surface area contributed by atoms with E-state index in [2.05, 4.69) is 18.7 Å². The van der Waals surface area contributed by atoms with Gasteiger partial charge >= 0.3 is 5.97 Å². The Labute approximate surface area is 108 Å². The number of nitrogens with zero attached hydrogens (tertiary/aromatic N) is 1. The highest BCUT2D eigenvalue weighted by atomic mass is 16.4. The third kappa shape index (κ3) is 3.10. The highest BCUT2D eigenvalue weighted by Crippen LogP contribution is 2.23. The second-order valence-corrected chi connectivity index (χ2v) is 5.60. The first-order valence-electron chi connectivity index (χ1n) is 6.60. The molecule has 0 aromatic heterocycles. The first kappa shape index (κ1) is 13.1. The molecule has 1 aliphatic heterocycles. The average Bonchev–Trinajstić information content (AvgIpc) is 2.27. The van der Waals surface area contributed by atoms with Crippen LogP contribution < -0.4 is 0 Å². The van der Waals surface area contributed by atoms with Gasteiger partial charge in [-0.1, -0.05) is 32.0 Å². The van der Waals surface area contributed by atoms with E-state index in [-0.39, 0.29) is 0 Å². The van der Waals surface area contributed by atoms with Crippen LogP contribution in [0.5, 0.6) is 0 Å². The lowest BCUT2D eigenvalue weighted by atomic mass is 9.91. The number of piperidine rings is 1. The third-order valence-corrected chi connectivity index (χ3v) is 3.59. The minimum atomic E-state index is -0.830. The molecule has 98 valence electrons. The summed E-state index contributed by atoms with van der Waals surface area (Å²) in [4.78, 5) is 13.5. The second kappa shape index (κ2) is 5.53. The van der Waals surface area contributed by atoms with E-state index in [1.165, 1.54) is 6.42 Å². The number of carboxylic acid groups (broad SMARTS) is 1. The van der Waals surface area contributed by atoms with E-state index in [0.29, 0.717) is 17.4 Å². The smallest absolute Gasteiger partial charge is 0.336 e. The summed E-state index contributed by atoms with van der Waals surface area (Å²) in [6, 6.07) is 7.31. The number of aromatic carboxylic acids is 1. The van der Waals surface area contributed by atoms with Crippen LogP contribution in [-0.4, -0.2) is 29.1 Å². The van der Waals surface area contributed by atoms with Crippen molar-refractivity contribution in [1.29, 1.82) is 0 Å². The lowest BCUT2D eigenvalue weighted by Gasteiger charge is -2.35. The highest BCUT2D eigenvalue weighted by Gasteiger charge is 2.22. The molecular formula is C15H21NO2. The Morgan fingerprint density at radius 2 is 1.89 bits per heavy atom. The van der Waals surface area contributed by atoms with Crippen molar-refractivity contribution in [2.45, 2.75) is 26.8 Å². The molecule has 0 saturated carbocycles. The van der Waals surface area contributed by atoms with Crippen LogP contribution in [0.15, 0.2) is 24.3 Å². The van der Waals surface area contributed by atoms with Crippen molar-refractivity contribution in [1.82, 2.24) is 4.90 Å². The van der Waals surface area contributed by atoms with E-state index >= 15 is 0 Å². The number of benzene rings is 1. The molecule has 3 heteroatoms. The number of rotatable bonds is 3. The molecule has 1 aromatic rings. The van der Waals surface area contributed by atoms with Gasteiger partial charge in [-0.2, -0.15) is 0 Å². The van der Waals surface area contributed by atoms with Gasteiger partial charge in [0, 0.05) is 19.6 Å². The summed E-state index contributed by atoms with van der Waals surface area (Å²) in [6.07, 6.45) is 1.27. The van der Waals surface area contributed by atoms with Gasteiger partial charge in [0.2, 0.25) is 0 Å². The Kier molecular flexibility index (Phi) is 4.02. The fourth-order valence-corrected chi connectivity index (χ4v) is 3.03. The summed E-state index contributed by atoms with van der Waals surface area (Å²) >= 11 is 0. The predicted octanol–water partition coefficient (Wildman–Crippen LogP) is 2.86. The van der Waals surface area contributed by atoms with Crippen LogP contribution in [0.25, 0.3) is 0 Å². The van der Waals surface area contributed by atoms with Crippen LogP contribution in [0.1, 0.15) is 36.2 Å². The van der Waals surface area contributed by atoms with Gasteiger partial charge in [0.25, 0.3) is 0 Å². The first-order chi connectivity index (χ1) is 8.56. The fraction of sp³-hybridized carbons (Fsp3) is 0.533. The lowest BCUT2D eigenvalue weighted by Crippen LogP contribution is -2.38.